The van der Waals surface area contributed by atoms with Gasteiger partial charge in [0, 0.05) is 10.0 Å². The summed E-state index contributed by atoms with van der Waals surface area (Å²) < 4.78 is 5.88. The number of rotatable bonds is 2. The molecule has 0 amide bonds. The van der Waals surface area contributed by atoms with Crippen molar-refractivity contribution in [3.05, 3.63) is 39.1 Å². The number of carboxylic acids is 1. The van der Waals surface area contributed by atoms with Crippen LogP contribution in [-0.2, 0) is 0 Å². The summed E-state index contributed by atoms with van der Waals surface area (Å²) in [5.74, 6) is -1.02. The number of nitrogens with zero attached hydrogens (tertiary/aromatic N) is 1. The number of aromatic nitrogens is 1. The Hall–Kier alpha value is -1.33. The van der Waals surface area contributed by atoms with E-state index in [-0.39, 0.29) is 11.7 Å². The van der Waals surface area contributed by atoms with Gasteiger partial charge >= 0.3 is 5.97 Å². The van der Waals surface area contributed by atoms with Crippen LogP contribution in [0.15, 0.2) is 27.1 Å². The predicted octanol–water partition coefficient (Wildman–Crippen LogP) is 3.76. The predicted molar refractivity (Wildman–Crippen MR) is 66.3 cm³/mol. The Bertz CT molecular complexity index is 594. The molecule has 0 radical (unpaired) electrons. The van der Waals surface area contributed by atoms with Gasteiger partial charge in [0.1, 0.15) is 0 Å². The number of aryl methyl sites for hydroxylation is 1. The van der Waals surface area contributed by atoms with Crippen LogP contribution in [0, 0.1) is 6.92 Å². The third-order valence-electron chi connectivity index (χ3n) is 2.16. The Balaban J connectivity index is 2.50. The molecule has 0 bridgehead atoms. The van der Waals surface area contributed by atoms with Crippen molar-refractivity contribution in [2.75, 3.05) is 0 Å². The quantitative estimate of drug-likeness (QED) is 0.916. The van der Waals surface area contributed by atoms with Crippen molar-refractivity contribution in [3.8, 4) is 11.5 Å². The summed E-state index contributed by atoms with van der Waals surface area (Å²) in [7, 11) is 0. The monoisotopic (exact) mass is 315 g/mol. The molecule has 0 saturated heterocycles. The molecule has 0 saturated carbocycles. The van der Waals surface area contributed by atoms with Gasteiger partial charge in [-0.05, 0) is 41.1 Å². The van der Waals surface area contributed by atoms with Crippen molar-refractivity contribution in [1.29, 1.82) is 0 Å². The van der Waals surface area contributed by atoms with E-state index in [1.807, 2.05) is 0 Å². The second-order valence-corrected chi connectivity index (χ2v) is 4.63. The van der Waals surface area contributed by atoms with Gasteiger partial charge in [0.15, 0.2) is 0 Å². The van der Waals surface area contributed by atoms with Crippen molar-refractivity contribution in [2.24, 2.45) is 0 Å². The largest absolute Gasteiger partial charge is 0.475 e. The summed E-state index contributed by atoms with van der Waals surface area (Å²) >= 11 is 9.14. The fourth-order valence-corrected chi connectivity index (χ4v) is 1.84. The molecule has 88 valence electrons. The molecule has 2 aromatic rings. The molecule has 4 nitrogen and oxygen atoms in total. The Kier molecular flexibility index (Phi) is 3.22. The molecule has 1 aromatic carbocycles. The first kappa shape index (κ1) is 12.1. The molecule has 0 fully saturated rings. The normalized spacial score (nSPS) is 10.5. The Morgan fingerprint density at radius 2 is 2.24 bits per heavy atom. The molecule has 6 heteroatoms. The van der Waals surface area contributed by atoms with E-state index < -0.39 is 5.97 Å². The van der Waals surface area contributed by atoms with Crippen molar-refractivity contribution < 1.29 is 14.3 Å². The second kappa shape index (κ2) is 4.50. The number of hydrogen-bond donors (Lipinski definition) is 1. The number of aromatic carboxylic acids is 1. The molecule has 17 heavy (non-hydrogen) atoms. The van der Waals surface area contributed by atoms with E-state index in [0.717, 1.165) is 0 Å². The number of carbonyl (C=O) groups is 1. The van der Waals surface area contributed by atoms with Crippen molar-refractivity contribution >= 4 is 33.5 Å². The van der Waals surface area contributed by atoms with Crippen LogP contribution in [0.3, 0.4) is 0 Å². The molecule has 1 aromatic heterocycles. The van der Waals surface area contributed by atoms with E-state index in [4.69, 9.17) is 21.1 Å². The molecule has 0 spiro atoms. The smallest absolute Gasteiger partial charge is 0.373 e. The topological polar surface area (TPSA) is 63.3 Å². The van der Waals surface area contributed by atoms with E-state index in [0.29, 0.717) is 20.8 Å². The first-order valence-corrected chi connectivity index (χ1v) is 5.82. The van der Waals surface area contributed by atoms with Crippen LogP contribution in [-0.4, -0.2) is 16.1 Å². The Morgan fingerprint density at radius 3 is 2.76 bits per heavy atom. The fraction of sp³-hybridized carbons (Fsp3) is 0.0909. The number of oxazole rings is 1. The number of benzene rings is 1. The van der Waals surface area contributed by atoms with Crippen molar-refractivity contribution in [2.45, 2.75) is 6.92 Å². The first-order valence-electron chi connectivity index (χ1n) is 4.65. The fourth-order valence-electron chi connectivity index (χ4n) is 1.35. The zero-order valence-electron chi connectivity index (χ0n) is 8.70. The van der Waals surface area contributed by atoms with Gasteiger partial charge < -0.3 is 9.52 Å². The van der Waals surface area contributed by atoms with Gasteiger partial charge in [-0.15, -0.1) is 0 Å². The van der Waals surface area contributed by atoms with Crippen LogP contribution in [0.4, 0.5) is 0 Å². The summed E-state index contributed by atoms with van der Waals surface area (Å²) in [5.41, 5.74) is 1.01. The zero-order chi connectivity index (χ0) is 12.6. The van der Waals surface area contributed by atoms with Gasteiger partial charge in [-0.2, -0.15) is 0 Å². The number of carboxylic acid groups (broad SMARTS) is 1. The van der Waals surface area contributed by atoms with Crippen LogP contribution in [0.2, 0.25) is 5.02 Å². The van der Waals surface area contributed by atoms with Crippen LogP contribution in [0.25, 0.3) is 11.5 Å². The Labute approximate surface area is 110 Å². The number of hydrogen-bond acceptors (Lipinski definition) is 3. The average molecular weight is 317 g/mol. The van der Waals surface area contributed by atoms with E-state index >= 15 is 0 Å². The van der Waals surface area contributed by atoms with E-state index in [1.165, 1.54) is 0 Å². The highest BCUT2D eigenvalue weighted by Crippen LogP contribution is 2.29. The van der Waals surface area contributed by atoms with Crippen LogP contribution < -0.4 is 0 Å². The highest BCUT2D eigenvalue weighted by Gasteiger charge is 2.17. The summed E-state index contributed by atoms with van der Waals surface area (Å²) in [5, 5.41) is 9.43. The molecular formula is C11H7BrClNO3. The van der Waals surface area contributed by atoms with E-state index in [2.05, 4.69) is 20.9 Å². The lowest BCUT2D eigenvalue weighted by Gasteiger charge is -1.98. The summed E-state index contributed by atoms with van der Waals surface area (Å²) in [6.45, 7) is 1.58. The highest BCUT2D eigenvalue weighted by molar-refractivity contribution is 9.10. The first-order chi connectivity index (χ1) is 7.99. The molecule has 1 N–H and O–H groups in total. The van der Waals surface area contributed by atoms with Crippen molar-refractivity contribution in [3.63, 3.8) is 0 Å². The molecule has 0 atom stereocenters. The molecule has 0 aliphatic heterocycles. The average Bonchev–Trinajstić information content (AvgIpc) is 2.64. The lowest BCUT2D eigenvalue weighted by molar-refractivity contribution is 0.0662. The third kappa shape index (κ3) is 2.35. The van der Waals surface area contributed by atoms with Crippen LogP contribution in [0.1, 0.15) is 16.2 Å². The summed E-state index contributed by atoms with van der Waals surface area (Å²) in [4.78, 5) is 14.9. The minimum atomic E-state index is -1.13. The maximum atomic E-state index is 10.8. The maximum absolute atomic E-state index is 10.8. The minimum absolute atomic E-state index is 0.147. The van der Waals surface area contributed by atoms with Gasteiger partial charge in [0.05, 0.1) is 10.7 Å². The zero-order valence-corrected chi connectivity index (χ0v) is 11.0. The molecule has 0 aliphatic carbocycles. The van der Waals surface area contributed by atoms with Gasteiger partial charge in [-0.25, -0.2) is 9.78 Å². The maximum Gasteiger partial charge on any atom is 0.373 e. The summed E-state index contributed by atoms with van der Waals surface area (Å²) in [6, 6.07) is 5.12. The standard InChI is InChI=1S/C11H7BrClNO3/c1-5-9(11(15)16)17-10(14-5)6-2-3-8(13)7(12)4-6/h2-4H,1H3,(H,15,16). The van der Waals surface area contributed by atoms with E-state index in [9.17, 15) is 4.79 Å². The SMILES string of the molecule is Cc1nc(-c2ccc(Cl)c(Br)c2)oc1C(=O)O. The van der Waals surface area contributed by atoms with E-state index in [1.54, 1.807) is 25.1 Å². The second-order valence-electron chi connectivity index (χ2n) is 3.37. The molecule has 2 rings (SSSR count). The lowest BCUT2D eigenvalue weighted by atomic mass is 10.2. The van der Waals surface area contributed by atoms with Gasteiger partial charge in [0.2, 0.25) is 11.7 Å². The molecular weight excluding hydrogens is 309 g/mol. The molecule has 1 heterocycles. The van der Waals surface area contributed by atoms with Crippen LogP contribution >= 0.6 is 27.5 Å². The summed E-state index contributed by atoms with van der Waals surface area (Å²) in [6.07, 6.45) is 0. The van der Waals surface area contributed by atoms with Crippen molar-refractivity contribution in [1.82, 2.24) is 4.98 Å². The third-order valence-corrected chi connectivity index (χ3v) is 3.37. The number of halogens is 2. The molecule has 0 aliphatic rings. The molecule has 0 unspecified atom stereocenters. The minimum Gasteiger partial charge on any atom is -0.475 e. The van der Waals surface area contributed by atoms with Gasteiger partial charge in [-0.1, -0.05) is 11.6 Å². The lowest BCUT2D eigenvalue weighted by Crippen LogP contribution is -1.95. The highest BCUT2D eigenvalue weighted by atomic mass is 79.9. The van der Waals surface area contributed by atoms with Crippen LogP contribution in [0.5, 0.6) is 0 Å². The van der Waals surface area contributed by atoms with Gasteiger partial charge in [0.25, 0.3) is 0 Å². The Morgan fingerprint density at radius 1 is 1.53 bits per heavy atom. The van der Waals surface area contributed by atoms with Gasteiger partial charge in [-0.3, -0.25) is 0 Å².